The van der Waals surface area contributed by atoms with Gasteiger partial charge in [-0.3, -0.25) is 9.78 Å². The van der Waals surface area contributed by atoms with Gasteiger partial charge in [-0.25, -0.2) is 8.42 Å². The molecule has 2 aliphatic carbocycles. The maximum atomic E-state index is 13.2. The number of hydrogen-bond acceptors (Lipinski definition) is 11. The molecule has 6 N–H and O–H groups in total. The molecule has 0 bridgehead atoms. The Morgan fingerprint density at radius 3 is 2.45 bits per heavy atom. The van der Waals surface area contributed by atoms with Gasteiger partial charge in [0.2, 0.25) is 5.91 Å². The lowest BCUT2D eigenvalue weighted by Gasteiger charge is -2.30. The molecule has 1 amide bonds. The molecule has 1 aromatic heterocycles. The van der Waals surface area contributed by atoms with Crippen LogP contribution in [0.25, 0.3) is 11.1 Å². The molecule has 5 rings (SSSR count). The topological polar surface area (TPSA) is 190 Å². The number of halogens is 1. The number of ether oxygens (including phenoxy) is 1. The van der Waals surface area contributed by atoms with Crippen molar-refractivity contribution in [1.82, 2.24) is 15.2 Å². The summed E-state index contributed by atoms with van der Waals surface area (Å²) in [5.74, 6) is 0.176. The number of aliphatic hydroxyl groups excluding tert-OH is 5. The number of amides is 1. The number of rotatable bonds is 21. The van der Waals surface area contributed by atoms with E-state index in [-0.39, 0.29) is 36.3 Å². The molecule has 12 nitrogen and oxygen atoms in total. The third-order valence-corrected chi connectivity index (χ3v) is 11.5. The summed E-state index contributed by atoms with van der Waals surface area (Å²) in [5, 5.41) is 53.9. The molecule has 0 radical (unpaired) electrons. The molecule has 0 spiro atoms. The Hall–Kier alpha value is -3.14. The van der Waals surface area contributed by atoms with Gasteiger partial charge in [-0.2, -0.15) is 0 Å². The Labute approximate surface area is 316 Å². The molecule has 2 aliphatic rings. The molecule has 53 heavy (non-hydrogen) atoms. The van der Waals surface area contributed by atoms with Crippen molar-refractivity contribution in [1.29, 1.82) is 0 Å². The van der Waals surface area contributed by atoms with Crippen molar-refractivity contribution in [2.45, 2.75) is 100 Å². The zero-order valence-electron chi connectivity index (χ0n) is 30.3. The van der Waals surface area contributed by atoms with Crippen LogP contribution in [0.5, 0.6) is 5.75 Å². The number of benzene rings is 2. The van der Waals surface area contributed by atoms with Crippen molar-refractivity contribution in [2.24, 2.45) is 0 Å². The van der Waals surface area contributed by atoms with Gasteiger partial charge >= 0.3 is 0 Å². The first-order valence-electron chi connectivity index (χ1n) is 18.2. The third kappa shape index (κ3) is 11.2. The van der Waals surface area contributed by atoms with Crippen LogP contribution in [0.4, 0.5) is 0 Å². The van der Waals surface area contributed by atoms with Gasteiger partial charge in [-0.15, -0.1) is 0 Å². The first-order valence-corrected chi connectivity index (χ1v) is 20.7. The molecule has 1 heterocycles. The smallest absolute Gasteiger partial charge is 0.222 e. The van der Waals surface area contributed by atoms with E-state index in [1.54, 1.807) is 0 Å². The van der Waals surface area contributed by atoms with Gasteiger partial charge in [0.1, 0.15) is 40.0 Å². The number of nitrogens with one attached hydrogen (secondary N) is 1. The maximum absolute atomic E-state index is 13.2. The second-order valence-corrected chi connectivity index (χ2v) is 17.2. The van der Waals surface area contributed by atoms with Crippen LogP contribution in [-0.4, -0.2) is 112 Å². The van der Waals surface area contributed by atoms with Gasteiger partial charge in [0.05, 0.1) is 18.5 Å². The van der Waals surface area contributed by atoms with Crippen molar-refractivity contribution in [2.75, 3.05) is 31.7 Å². The number of nitrogens with zero attached hydrogens (tertiary/aromatic N) is 2. The highest BCUT2D eigenvalue weighted by Gasteiger charge is 2.46. The number of hydrogen-bond donors (Lipinski definition) is 6. The molecule has 5 atom stereocenters. The largest absolute Gasteiger partial charge is 0.490 e. The van der Waals surface area contributed by atoms with Crippen LogP contribution in [0.1, 0.15) is 74.5 Å². The minimum Gasteiger partial charge on any atom is -0.490 e. The average Bonchev–Trinajstić information content (AvgIpc) is 4.09. The highest BCUT2D eigenvalue weighted by Crippen LogP contribution is 2.50. The van der Waals surface area contributed by atoms with E-state index in [0.29, 0.717) is 24.4 Å². The van der Waals surface area contributed by atoms with Crippen LogP contribution in [0.3, 0.4) is 0 Å². The van der Waals surface area contributed by atoms with Crippen LogP contribution in [0, 0.1) is 0 Å². The number of carbonyl (C=O) groups is 1. The van der Waals surface area contributed by atoms with Gasteiger partial charge in [0.25, 0.3) is 0 Å². The van der Waals surface area contributed by atoms with Crippen LogP contribution in [0.2, 0.25) is 5.02 Å². The Morgan fingerprint density at radius 1 is 1.06 bits per heavy atom. The van der Waals surface area contributed by atoms with Crippen LogP contribution in [0.15, 0.2) is 60.9 Å². The normalized spacial score (nSPS) is 18.1. The van der Waals surface area contributed by atoms with Gasteiger partial charge in [-0.05, 0) is 84.9 Å². The number of para-hydroxylation sites is 1. The van der Waals surface area contributed by atoms with E-state index in [2.05, 4.69) is 35.4 Å². The second-order valence-electron chi connectivity index (χ2n) is 14.6. The summed E-state index contributed by atoms with van der Waals surface area (Å²) in [6, 6.07) is 16.2. The summed E-state index contributed by atoms with van der Waals surface area (Å²) in [4.78, 5) is 18.9. The Bertz CT molecular complexity index is 1800. The fraction of sp³-hybridized carbons (Fsp3) is 0.538. The minimum absolute atomic E-state index is 0.0610. The van der Waals surface area contributed by atoms with Gasteiger partial charge in [0.15, 0.2) is 0 Å². The second kappa shape index (κ2) is 18.0. The zero-order chi connectivity index (χ0) is 38.3. The molecule has 5 unspecified atom stereocenters. The van der Waals surface area contributed by atoms with E-state index >= 15 is 0 Å². The standard InChI is InChI=1S/C39H52ClN3O9S/c1-25(6-5-9-36(47)43(18-19-53(2,50)51)23-33(45)37(48)38(49)34(46)24-44)26-10-13-32(40)27(20-26)21-42-39(15-16-39)31-22-41-17-14-29(31)30-7-3-4-8-35(30)52-28-11-12-28/h3-4,7-8,10,13-14,17,20,22,25,28,33-34,37-38,42,44-46,48-49H,5-6,9,11-12,15-16,18-19,21,23-24H2,1-2H3. The quantitative estimate of drug-likeness (QED) is 0.0932. The molecule has 2 saturated carbocycles. The predicted molar refractivity (Wildman–Crippen MR) is 202 cm³/mol. The molecule has 2 aromatic carbocycles. The summed E-state index contributed by atoms with van der Waals surface area (Å²) < 4.78 is 30.0. The molecular weight excluding hydrogens is 722 g/mol. The van der Waals surface area contributed by atoms with Crippen molar-refractivity contribution in [3.63, 3.8) is 0 Å². The predicted octanol–water partition coefficient (Wildman–Crippen LogP) is 3.31. The van der Waals surface area contributed by atoms with Crippen LogP contribution in [-0.2, 0) is 26.7 Å². The summed E-state index contributed by atoms with van der Waals surface area (Å²) in [6.07, 6.45) is 3.20. The minimum atomic E-state index is -3.45. The van der Waals surface area contributed by atoms with Crippen molar-refractivity contribution < 1.29 is 43.5 Å². The van der Waals surface area contributed by atoms with E-state index in [0.717, 1.165) is 70.4 Å². The molecule has 2 fully saturated rings. The summed E-state index contributed by atoms with van der Waals surface area (Å²) in [7, 11) is -3.45. The van der Waals surface area contributed by atoms with E-state index in [1.165, 1.54) is 0 Å². The number of sulfone groups is 1. The highest BCUT2D eigenvalue weighted by atomic mass is 35.5. The van der Waals surface area contributed by atoms with Crippen LogP contribution >= 0.6 is 11.6 Å². The average molecular weight is 774 g/mol. The lowest BCUT2D eigenvalue weighted by molar-refractivity contribution is -0.139. The van der Waals surface area contributed by atoms with E-state index < -0.39 is 53.3 Å². The first kappa shape index (κ1) is 41.0. The summed E-state index contributed by atoms with van der Waals surface area (Å²) >= 11 is 6.71. The monoisotopic (exact) mass is 773 g/mol. The Morgan fingerprint density at radius 2 is 1.77 bits per heavy atom. The highest BCUT2D eigenvalue weighted by molar-refractivity contribution is 7.90. The van der Waals surface area contributed by atoms with Gasteiger partial charge in [0, 0.05) is 60.8 Å². The Kier molecular flexibility index (Phi) is 13.9. The lowest BCUT2D eigenvalue weighted by Crippen LogP contribution is -2.51. The number of carbonyl (C=O) groups excluding carboxylic acids is 1. The molecule has 0 saturated heterocycles. The van der Waals surface area contributed by atoms with Gasteiger partial charge in [-0.1, -0.05) is 48.9 Å². The van der Waals surface area contributed by atoms with Crippen molar-refractivity contribution >= 4 is 27.3 Å². The SMILES string of the molecule is CC(CCCC(=O)N(CCS(C)(=O)=O)CC(O)C(O)C(O)C(O)CO)c1ccc(Cl)c(CNC2(c3cnccc3-c3ccccc3OC3CC3)CC2)c1. The lowest BCUT2D eigenvalue weighted by atomic mass is 9.93. The summed E-state index contributed by atoms with van der Waals surface area (Å²) in [6.45, 7) is 1.08. The van der Waals surface area contributed by atoms with E-state index in [9.17, 15) is 33.6 Å². The van der Waals surface area contributed by atoms with Crippen LogP contribution < -0.4 is 10.1 Å². The fourth-order valence-electron chi connectivity index (χ4n) is 6.51. The van der Waals surface area contributed by atoms with Gasteiger partial charge < -0.3 is 40.5 Å². The third-order valence-electron chi connectivity index (χ3n) is 10.2. The number of aromatic nitrogens is 1. The van der Waals surface area contributed by atoms with Crippen molar-refractivity contribution in [3.05, 3.63) is 82.6 Å². The molecule has 3 aromatic rings. The zero-order valence-corrected chi connectivity index (χ0v) is 31.8. The molecular formula is C39H52ClN3O9S. The molecule has 14 heteroatoms. The van der Waals surface area contributed by atoms with Crippen molar-refractivity contribution in [3.8, 4) is 16.9 Å². The maximum Gasteiger partial charge on any atom is 0.222 e. The van der Waals surface area contributed by atoms with E-state index in [1.807, 2.05) is 42.7 Å². The number of pyridine rings is 1. The summed E-state index contributed by atoms with van der Waals surface area (Å²) in [5.41, 5.74) is 5.05. The molecule has 290 valence electrons. The Balaban J connectivity index is 1.20. The first-order chi connectivity index (χ1) is 25.2. The number of aliphatic hydroxyl groups is 5. The fourth-order valence-corrected chi connectivity index (χ4v) is 7.25. The molecule has 0 aliphatic heterocycles. The van der Waals surface area contributed by atoms with E-state index in [4.69, 9.17) is 21.4 Å².